The van der Waals surface area contributed by atoms with Crippen LogP contribution in [0, 0.1) is 0 Å². The van der Waals surface area contributed by atoms with Gasteiger partial charge in [-0.25, -0.2) is 0 Å². The van der Waals surface area contributed by atoms with Crippen molar-refractivity contribution in [1.82, 2.24) is 0 Å². The van der Waals surface area contributed by atoms with Gasteiger partial charge in [-0.2, -0.15) is 0 Å². The molecule has 21 heavy (non-hydrogen) atoms. The minimum Gasteiger partial charge on any atom is -0.490 e. The molecule has 0 spiro atoms. The number of benzene rings is 1. The van der Waals surface area contributed by atoms with Crippen LogP contribution in [0.5, 0.6) is 17.2 Å². The van der Waals surface area contributed by atoms with Gasteiger partial charge in [0.15, 0.2) is 11.5 Å². The summed E-state index contributed by atoms with van der Waals surface area (Å²) in [5.41, 5.74) is 1.16. The lowest BCUT2D eigenvalue weighted by Gasteiger charge is -2.18. The van der Waals surface area contributed by atoms with Gasteiger partial charge < -0.3 is 18.9 Å². The van der Waals surface area contributed by atoms with Crippen LogP contribution >= 0.6 is 0 Å². The molecule has 4 heteroatoms. The molecule has 2 atom stereocenters. The van der Waals surface area contributed by atoms with Crippen molar-refractivity contribution in [3.8, 4) is 17.2 Å². The normalized spacial score (nSPS) is 20.2. The second kappa shape index (κ2) is 7.55. The van der Waals surface area contributed by atoms with E-state index in [1.54, 1.807) is 0 Å². The quantitative estimate of drug-likeness (QED) is 0.652. The second-order valence-electron chi connectivity index (χ2n) is 5.10. The van der Waals surface area contributed by atoms with Crippen LogP contribution < -0.4 is 14.2 Å². The van der Waals surface area contributed by atoms with Crippen LogP contribution in [0.3, 0.4) is 0 Å². The zero-order valence-corrected chi connectivity index (χ0v) is 13.5. The Labute approximate surface area is 127 Å². The third-order valence-corrected chi connectivity index (χ3v) is 3.57. The molecule has 0 N–H and O–H groups in total. The molecule has 118 valence electrons. The Hall–Kier alpha value is -1.42. The molecule has 1 aliphatic rings. The number of hydrogen-bond acceptors (Lipinski definition) is 4. The number of rotatable bonds is 9. The lowest BCUT2D eigenvalue weighted by Crippen LogP contribution is -2.05. The Morgan fingerprint density at radius 1 is 0.952 bits per heavy atom. The summed E-state index contributed by atoms with van der Waals surface area (Å²) in [7, 11) is 0. The highest BCUT2D eigenvalue weighted by molar-refractivity contribution is 5.56. The van der Waals surface area contributed by atoms with E-state index in [0.717, 1.165) is 35.7 Å². The highest BCUT2D eigenvalue weighted by Gasteiger charge is 2.33. The van der Waals surface area contributed by atoms with Gasteiger partial charge >= 0.3 is 0 Å². The summed E-state index contributed by atoms with van der Waals surface area (Å²) in [4.78, 5) is 0. The summed E-state index contributed by atoms with van der Waals surface area (Å²) in [6.07, 6.45) is 2.73. The van der Waals surface area contributed by atoms with Crippen molar-refractivity contribution >= 4 is 0 Å². The van der Waals surface area contributed by atoms with Gasteiger partial charge in [0.05, 0.1) is 32.0 Å². The highest BCUT2D eigenvalue weighted by Crippen LogP contribution is 2.41. The molecule has 1 aromatic carbocycles. The number of epoxide rings is 1. The molecule has 0 bridgehead atoms. The maximum absolute atomic E-state index is 5.84. The molecule has 2 unspecified atom stereocenters. The van der Waals surface area contributed by atoms with Crippen molar-refractivity contribution in [3.63, 3.8) is 0 Å². The van der Waals surface area contributed by atoms with E-state index in [0.29, 0.717) is 32.0 Å². The van der Waals surface area contributed by atoms with E-state index in [1.807, 2.05) is 26.8 Å². The molecule has 1 heterocycles. The van der Waals surface area contributed by atoms with Crippen LogP contribution in [0.25, 0.3) is 0 Å². The standard InChI is InChI=1S/C17H26O4/c1-5-18-15-11-9-13(8-10-14-12(4)21-14)16(19-6-2)17(15)20-7-3/h9,11-12,14H,5-8,10H2,1-4H3. The zero-order valence-electron chi connectivity index (χ0n) is 13.5. The average molecular weight is 294 g/mol. The summed E-state index contributed by atoms with van der Waals surface area (Å²) in [6, 6.07) is 4.05. The van der Waals surface area contributed by atoms with Crippen molar-refractivity contribution in [2.75, 3.05) is 19.8 Å². The number of hydrogen-bond donors (Lipinski definition) is 0. The van der Waals surface area contributed by atoms with Crippen LogP contribution in [-0.2, 0) is 11.2 Å². The molecule has 0 aliphatic carbocycles. The van der Waals surface area contributed by atoms with Gasteiger partial charge in [-0.15, -0.1) is 0 Å². The maximum Gasteiger partial charge on any atom is 0.203 e. The Morgan fingerprint density at radius 2 is 1.57 bits per heavy atom. The first-order valence-corrected chi connectivity index (χ1v) is 7.90. The van der Waals surface area contributed by atoms with Gasteiger partial charge in [0, 0.05) is 0 Å². The van der Waals surface area contributed by atoms with E-state index in [-0.39, 0.29) is 0 Å². The van der Waals surface area contributed by atoms with Gasteiger partial charge in [0.2, 0.25) is 5.75 Å². The Morgan fingerprint density at radius 3 is 2.14 bits per heavy atom. The largest absolute Gasteiger partial charge is 0.490 e. The fraction of sp³-hybridized carbons (Fsp3) is 0.647. The van der Waals surface area contributed by atoms with Crippen LogP contribution in [0.15, 0.2) is 12.1 Å². The summed E-state index contributed by atoms with van der Waals surface area (Å²) in [6.45, 7) is 9.84. The molecule has 1 aliphatic heterocycles. The van der Waals surface area contributed by atoms with Crippen molar-refractivity contribution in [2.24, 2.45) is 0 Å². The van der Waals surface area contributed by atoms with E-state index < -0.39 is 0 Å². The first-order chi connectivity index (χ1) is 10.2. The topological polar surface area (TPSA) is 40.2 Å². The van der Waals surface area contributed by atoms with Gasteiger partial charge in [0.1, 0.15) is 0 Å². The molecule has 0 radical (unpaired) electrons. The van der Waals surface area contributed by atoms with Crippen LogP contribution in [-0.4, -0.2) is 32.0 Å². The van der Waals surface area contributed by atoms with Crippen molar-refractivity contribution in [1.29, 1.82) is 0 Å². The van der Waals surface area contributed by atoms with Crippen molar-refractivity contribution < 1.29 is 18.9 Å². The summed E-state index contributed by atoms with van der Waals surface area (Å²) in [5.74, 6) is 2.30. The van der Waals surface area contributed by atoms with E-state index in [4.69, 9.17) is 18.9 Å². The summed E-state index contributed by atoms with van der Waals surface area (Å²) < 4.78 is 22.8. The average Bonchev–Trinajstić information content (AvgIpc) is 3.17. The lowest BCUT2D eigenvalue weighted by atomic mass is 10.0. The second-order valence-corrected chi connectivity index (χ2v) is 5.10. The predicted octanol–water partition coefficient (Wildman–Crippen LogP) is 3.60. The zero-order chi connectivity index (χ0) is 15.2. The molecule has 0 aromatic heterocycles. The van der Waals surface area contributed by atoms with Gasteiger partial charge in [-0.3, -0.25) is 0 Å². The summed E-state index contributed by atoms with van der Waals surface area (Å²) in [5, 5.41) is 0. The smallest absolute Gasteiger partial charge is 0.203 e. The molecule has 1 fully saturated rings. The molecule has 1 aromatic rings. The van der Waals surface area contributed by atoms with Crippen molar-refractivity contribution in [3.05, 3.63) is 17.7 Å². The monoisotopic (exact) mass is 294 g/mol. The van der Waals surface area contributed by atoms with Crippen LogP contribution in [0.1, 0.15) is 39.7 Å². The van der Waals surface area contributed by atoms with Crippen LogP contribution in [0.2, 0.25) is 0 Å². The SMILES string of the molecule is CCOc1ccc(CCC2OC2C)c(OCC)c1OCC. The number of aryl methyl sites for hydroxylation is 1. The van der Waals surface area contributed by atoms with E-state index in [1.165, 1.54) is 0 Å². The Balaban J connectivity index is 2.22. The molecule has 0 saturated carbocycles. The third-order valence-electron chi connectivity index (χ3n) is 3.57. The fourth-order valence-electron chi connectivity index (χ4n) is 2.47. The molecule has 0 amide bonds. The van der Waals surface area contributed by atoms with Gasteiger partial charge in [-0.05, 0) is 52.2 Å². The van der Waals surface area contributed by atoms with Crippen molar-refractivity contribution in [2.45, 2.75) is 52.7 Å². The molecular weight excluding hydrogens is 268 g/mol. The van der Waals surface area contributed by atoms with E-state index in [9.17, 15) is 0 Å². The first-order valence-electron chi connectivity index (χ1n) is 7.90. The van der Waals surface area contributed by atoms with Crippen LogP contribution in [0.4, 0.5) is 0 Å². The predicted molar refractivity (Wildman–Crippen MR) is 82.6 cm³/mol. The van der Waals surface area contributed by atoms with E-state index in [2.05, 4.69) is 13.0 Å². The third kappa shape index (κ3) is 4.03. The minimum atomic E-state index is 0.390. The number of ether oxygens (including phenoxy) is 4. The molecule has 1 saturated heterocycles. The van der Waals surface area contributed by atoms with Gasteiger partial charge in [-0.1, -0.05) is 6.07 Å². The molecular formula is C17H26O4. The maximum atomic E-state index is 5.84. The highest BCUT2D eigenvalue weighted by atomic mass is 16.6. The minimum absolute atomic E-state index is 0.390. The fourth-order valence-corrected chi connectivity index (χ4v) is 2.47. The Kier molecular flexibility index (Phi) is 5.74. The first kappa shape index (κ1) is 16.0. The van der Waals surface area contributed by atoms with E-state index >= 15 is 0 Å². The van der Waals surface area contributed by atoms with Gasteiger partial charge in [0.25, 0.3) is 0 Å². The summed E-state index contributed by atoms with van der Waals surface area (Å²) >= 11 is 0. The lowest BCUT2D eigenvalue weighted by molar-refractivity contribution is 0.259. The Bertz CT molecular complexity index is 458. The molecule has 4 nitrogen and oxygen atoms in total. The molecule has 2 rings (SSSR count).